The molecule has 3 nitrogen and oxygen atoms in total. The first-order valence-corrected chi connectivity index (χ1v) is 4.39. The zero-order valence-electron chi connectivity index (χ0n) is 7.80. The number of carbonyl (C=O) groups is 2. The number of nitrogens with two attached hydrogens (primary N) is 1. The van der Waals surface area contributed by atoms with Crippen LogP contribution in [0.2, 0.25) is 0 Å². The van der Waals surface area contributed by atoms with Crippen molar-refractivity contribution in [3.63, 3.8) is 0 Å². The number of carbonyl (C=O) groups excluding carboxylic acids is 2. The molecule has 0 aliphatic heterocycles. The predicted octanol–water partition coefficient (Wildman–Crippen LogP) is 1.26. The van der Waals surface area contributed by atoms with Gasteiger partial charge in [0.2, 0.25) is 5.91 Å². The van der Waals surface area contributed by atoms with Crippen molar-refractivity contribution >= 4 is 11.7 Å². The maximum absolute atomic E-state index is 10.9. The van der Waals surface area contributed by atoms with Crippen LogP contribution in [-0.2, 0) is 9.59 Å². The smallest absolute Gasteiger partial charge is 0.227 e. The third kappa shape index (κ3) is 4.11. The van der Waals surface area contributed by atoms with Crippen LogP contribution in [0.4, 0.5) is 0 Å². The summed E-state index contributed by atoms with van der Waals surface area (Å²) in [4.78, 5) is 21.6. The van der Waals surface area contributed by atoms with Crippen molar-refractivity contribution < 1.29 is 9.59 Å². The summed E-state index contributed by atoms with van der Waals surface area (Å²) in [5.74, 6) is -1.16. The van der Waals surface area contributed by atoms with Gasteiger partial charge in [0.25, 0.3) is 0 Å². The SMILES string of the molecule is CCCCCC(C(C)=O)C(N)=O. The molecule has 0 fully saturated rings. The molecule has 0 bridgehead atoms. The van der Waals surface area contributed by atoms with Gasteiger partial charge in [0.15, 0.2) is 0 Å². The molecule has 3 heteroatoms. The fourth-order valence-electron chi connectivity index (χ4n) is 1.14. The molecule has 0 saturated heterocycles. The molecule has 0 aromatic carbocycles. The molecule has 0 heterocycles. The van der Waals surface area contributed by atoms with Gasteiger partial charge in [-0.05, 0) is 13.3 Å². The van der Waals surface area contributed by atoms with Crippen LogP contribution in [0.5, 0.6) is 0 Å². The molecule has 1 unspecified atom stereocenters. The lowest BCUT2D eigenvalue weighted by Crippen LogP contribution is -2.28. The summed E-state index contributed by atoms with van der Waals surface area (Å²) in [5, 5.41) is 0. The first kappa shape index (κ1) is 11.1. The molecule has 70 valence electrons. The van der Waals surface area contributed by atoms with Crippen LogP contribution in [0.15, 0.2) is 0 Å². The molecular formula is C9H17NO2. The van der Waals surface area contributed by atoms with Crippen molar-refractivity contribution in [2.45, 2.75) is 39.5 Å². The molecule has 12 heavy (non-hydrogen) atoms. The molecule has 0 spiro atoms. The summed E-state index contributed by atoms with van der Waals surface area (Å²) in [7, 11) is 0. The Bertz CT molecular complexity index is 152. The minimum atomic E-state index is -0.559. The van der Waals surface area contributed by atoms with E-state index in [0.717, 1.165) is 19.3 Å². The van der Waals surface area contributed by atoms with E-state index in [4.69, 9.17) is 5.73 Å². The van der Waals surface area contributed by atoms with E-state index < -0.39 is 11.8 Å². The van der Waals surface area contributed by atoms with E-state index in [1.165, 1.54) is 6.92 Å². The standard InChI is InChI=1S/C9H17NO2/c1-3-4-5-6-8(7(2)11)9(10)12/h8H,3-6H2,1-2H3,(H2,10,12). The van der Waals surface area contributed by atoms with Gasteiger partial charge in [0, 0.05) is 0 Å². The van der Waals surface area contributed by atoms with Crippen molar-refractivity contribution in [3.05, 3.63) is 0 Å². The van der Waals surface area contributed by atoms with Crippen molar-refractivity contribution in [1.29, 1.82) is 0 Å². The first-order valence-electron chi connectivity index (χ1n) is 4.39. The average Bonchev–Trinajstić information content (AvgIpc) is 1.96. The number of unbranched alkanes of at least 4 members (excludes halogenated alkanes) is 2. The number of primary amides is 1. The normalized spacial score (nSPS) is 12.5. The molecule has 0 aliphatic rings. The third-order valence-corrected chi connectivity index (χ3v) is 1.93. The second-order valence-electron chi connectivity index (χ2n) is 3.06. The molecule has 0 radical (unpaired) electrons. The molecular weight excluding hydrogens is 154 g/mol. The molecule has 0 saturated carbocycles. The molecule has 1 atom stereocenters. The monoisotopic (exact) mass is 171 g/mol. The Hall–Kier alpha value is -0.860. The van der Waals surface area contributed by atoms with Crippen LogP contribution >= 0.6 is 0 Å². The number of hydrogen-bond donors (Lipinski definition) is 1. The van der Waals surface area contributed by atoms with Gasteiger partial charge >= 0.3 is 0 Å². The maximum atomic E-state index is 10.9. The Morgan fingerprint density at radius 1 is 1.33 bits per heavy atom. The van der Waals surface area contributed by atoms with Gasteiger partial charge in [-0.15, -0.1) is 0 Å². The van der Waals surface area contributed by atoms with Gasteiger partial charge in [0.05, 0.1) is 5.92 Å². The Balaban J connectivity index is 3.80. The highest BCUT2D eigenvalue weighted by molar-refractivity contribution is 5.99. The highest BCUT2D eigenvalue weighted by Crippen LogP contribution is 2.10. The fourth-order valence-corrected chi connectivity index (χ4v) is 1.14. The van der Waals surface area contributed by atoms with E-state index in [-0.39, 0.29) is 5.78 Å². The Kier molecular flexibility index (Phi) is 5.34. The maximum Gasteiger partial charge on any atom is 0.227 e. The Morgan fingerprint density at radius 3 is 2.25 bits per heavy atom. The summed E-state index contributed by atoms with van der Waals surface area (Å²) in [6.45, 7) is 3.49. The molecule has 0 aliphatic carbocycles. The number of amides is 1. The highest BCUT2D eigenvalue weighted by atomic mass is 16.2. The van der Waals surface area contributed by atoms with Gasteiger partial charge in [-0.25, -0.2) is 0 Å². The molecule has 0 rings (SSSR count). The number of ketones is 1. The molecule has 1 amide bonds. The first-order chi connectivity index (χ1) is 5.59. The number of Topliss-reactive ketones (excluding diaryl/α,β-unsaturated/α-hetero) is 1. The van der Waals surface area contributed by atoms with Crippen LogP contribution in [0.25, 0.3) is 0 Å². The van der Waals surface area contributed by atoms with Crippen LogP contribution < -0.4 is 5.73 Å². The van der Waals surface area contributed by atoms with Gasteiger partial charge in [-0.1, -0.05) is 26.2 Å². The lowest BCUT2D eigenvalue weighted by Gasteiger charge is -2.07. The molecule has 2 N–H and O–H groups in total. The van der Waals surface area contributed by atoms with Crippen molar-refractivity contribution in [2.24, 2.45) is 11.7 Å². The Labute approximate surface area is 73.3 Å². The zero-order chi connectivity index (χ0) is 9.56. The van der Waals surface area contributed by atoms with Crippen molar-refractivity contribution in [3.8, 4) is 0 Å². The van der Waals surface area contributed by atoms with Gasteiger partial charge < -0.3 is 5.73 Å². The second kappa shape index (κ2) is 5.75. The van der Waals surface area contributed by atoms with E-state index in [9.17, 15) is 9.59 Å². The van der Waals surface area contributed by atoms with E-state index in [1.807, 2.05) is 0 Å². The van der Waals surface area contributed by atoms with E-state index >= 15 is 0 Å². The summed E-state index contributed by atoms with van der Waals surface area (Å²) in [6.07, 6.45) is 3.66. The summed E-state index contributed by atoms with van der Waals surface area (Å²) in [6, 6.07) is 0. The van der Waals surface area contributed by atoms with Crippen LogP contribution in [-0.4, -0.2) is 11.7 Å². The summed E-state index contributed by atoms with van der Waals surface area (Å²) < 4.78 is 0. The fraction of sp³-hybridized carbons (Fsp3) is 0.778. The van der Waals surface area contributed by atoms with Crippen molar-refractivity contribution in [2.75, 3.05) is 0 Å². The predicted molar refractivity (Wildman–Crippen MR) is 47.5 cm³/mol. The van der Waals surface area contributed by atoms with Gasteiger partial charge in [-0.2, -0.15) is 0 Å². The Morgan fingerprint density at radius 2 is 1.92 bits per heavy atom. The van der Waals surface area contributed by atoms with Crippen LogP contribution in [0, 0.1) is 5.92 Å². The van der Waals surface area contributed by atoms with Crippen LogP contribution in [0.1, 0.15) is 39.5 Å². The van der Waals surface area contributed by atoms with E-state index in [0.29, 0.717) is 6.42 Å². The molecule has 0 aromatic heterocycles. The van der Waals surface area contributed by atoms with E-state index in [2.05, 4.69) is 6.92 Å². The van der Waals surface area contributed by atoms with E-state index in [1.54, 1.807) is 0 Å². The topological polar surface area (TPSA) is 60.2 Å². The second-order valence-corrected chi connectivity index (χ2v) is 3.06. The minimum Gasteiger partial charge on any atom is -0.369 e. The zero-order valence-corrected chi connectivity index (χ0v) is 7.80. The lowest BCUT2D eigenvalue weighted by atomic mass is 9.97. The van der Waals surface area contributed by atoms with Crippen molar-refractivity contribution in [1.82, 2.24) is 0 Å². The minimum absolute atomic E-state index is 0.112. The lowest BCUT2D eigenvalue weighted by molar-refractivity contribution is -0.131. The molecule has 0 aromatic rings. The van der Waals surface area contributed by atoms with Gasteiger partial charge in [-0.3, -0.25) is 9.59 Å². The largest absolute Gasteiger partial charge is 0.369 e. The van der Waals surface area contributed by atoms with Crippen LogP contribution in [0.3, 0.4) is 0 Å². The summed E-state index contributed by atoms with van der Waals surface area (Å²) in [5.41, 5.74) is 5.06. The van der Waals surface area contributed by atoms with Gasteiger partial charge in [0.1, 0.15) is 5.78 Å². The average molecular weight is 171 g/mol. The third-order valence-electron chi connectivity index (χ3n) is 1.93. The highest BCUT2D eigenvalue weighted by Gasteiger charge is 2.19. The quantitative estimate of drug-likeness (QED) is 0.483. The number of hydrogen-bond acceptors (Lipinski definition) is 2. The summed E-state index contributed by atoms with van der Waals surface area (Å²) >= 11 is 0. The number of rotatable bonds is 6.